The van der Waals surface area contributed by atoms with Crippen LogP contribution in [0.2, 0.25) is 0 Å². The van der Waals surface area contributed by atoms with Crippen molar-refractivity contribution in [2.75, 3.05) is 11.6 Å². The minimum Gasteiger partial charge on any atom is -0.458 e. The molecule has 6 heteroatoms. The van der Waals surface area contributed by atoms with E-state index < -0.39 is 5.97 Å². The van der Waals surface area contributed by atoms with E-state index in [1.807, 2.05) is 36.4 Å². The van der Waals surface area contributed by atoms with Crippen LogP contribution in [0.25, 0.3) is 17.4 Å². The number of hydrazone groups is 1. The van der Waals surface area contributed by atoms with Gasteiger partial charge in [0, 0.05) is 5.56 Å². The summed E-state index contributed by atoms with van der Waals surface area (Å²) in [6.45, 7) is 5.47. The third kappa shape index (κ3) is 4.23. The van der Waals surface area contributed by atoms with Crippen LogP contribution in [-0.4, -0.2) is 24.2 Å². The molecule has 0 aliphatic carbocycles. The minimum atomic E-state index is -0.431. The van der Waals surface area contributed by atoms with Gasteiger partial charge in [-0.2, -0.15) is 10.1 Å². The molecule has 1 aliphatic heterocycles. The summed E-state index contributed by atoms with van der Waals surface area (Å²) >= 11 is 0. The first-order valence-electron chi connectivity index (χ1n) is 9.72. The van der Waals surface area contributed by atoms with Crippen molar-refractivity contribution in [1.82, 2.24) is 0 Å². The Hall–Kier alpha value is -4.19. The number of nitrogens with zero attached hydrogens (tertiary/aromatic N) is 2. The first-order chi connectivity index (χ1) is 15.1. The number of furan rings is 1. The summed E-state index contributed by atoms with van der Waals surface area (Å²) in [6, 6.07) is 19.8. The molecular formula is C25H20N2O4. The van der Waals surface area contributed by atoms with Crippen LogP contribution in [0.5, 0.6) is 0 Å². The fourth-order valence-corrected chi connectivity index (χ4v) is 3.17. The highest BCUT2D eigenvalue weighted by Crippen LogP contribution is 2.28. The Bertz CT molecular complexity index is 1210. The van der Waals surface area contributed by atoms with Crippen molar-refractivity contribution in [2.45, 2.75) is 6.92 Å². The zero-order valence-corrected chi connectivity index (χ0v) is 16.9. The second kappa shape index (κ2) is 8.67. The molecule has 1 aliphatic rings. The van der Waals surface area contributed by atoms with Crippen molar-refractivity contribution in [3.8, 4) is 11.3 Å². The van der Waals surface area contributed by atoms with Gasteiger partial charge in [0.1, 0.15) is 18.1 Å². The lowest BCUT2D eigenvalue weighted by Crippen LogP contribution is -2.21. The first-order valence-corrected chi connectivity index (χ1v) is 9.72. The molecule has 4 rings (SSSR count). The lowest BCUT2D eigenvalue weighted by Gasteiger charge is -2.10. The topological polar surface area (TPSA) is 72.1 Å². The van der Waals surface area contributed by atoms with E-state index in [0.717, 1.165) is 5.56 Å². The number of para-hydroxylation sites is 1. The minimum absolute atomic E-state index is 0.149. The van der Waals surface area contributed by atoms with Crippen LogP contribution in [-0.2, 0) is 9.53 Å². The largest absolute Gasteiger partial charge is 0.458 e. The number of hydrogen-bond acceptors (Lipinski definition) is 5. The van der Waals surface area contributed by atoms with Gasteiger partial charge >= 0.3 is 5.97 Å². The molecular weight excluding hydrogens is 392 g/mol. The maximum atomic E-state index is 12.8. The molecule has 1 amide bonds. The maximum absolute atomic E-state index is 12.8. The van der Waals surface area contributed by atoms with Gasteiger partial charge in [-0.05, 0) is 49.4 Å². The lowest BCUT2D eigenvalue weighted by molar-refractivity contribution is -0.114. The molecule has 0 radical (unpaired) electrons. The van der Waals surface area contributed by atoms with Gasteiger partial charge in [-0.3, -0.25) is 4.79 Å². The van der Waals surface area contributed by atoms with E-state index in [-0.39, 0.29) is 12.5 Å². The molecule has 2 aromatic carbocycles. The molecule has 0 saturated carbocycles. The summed E-state index contributed by atoms with van der Waals surface area (Å²) in [6.07, 6.45) is 3.19. The second-order valence-electron chi connectivity index (χ2n) is 6.87. The Morgan fingerprint density at radius 3 is 2.71 bits per heavy atom. The number of carbonyl (C=O) groups excluding carboxylic acids is 2. The summed E-state index contributed by atoms with van der Waals surface area (Å²) in [5.41, 5.74) is 2.93. The van der Waals surface area contributed by atoms with E-state index in [9.17, 15) is 9.59 Å². The fourth-order valence-electron chi connectivity index (χ4n) is 3.17. The van der Waals surface area contributed by atoms with Gasteiger partial charge < -0.3 is 9.15 Å². The predicted molar refractivity (Wildman–Crippen MR) is 120 cm³/mol. The van der Waals surface area contributed by atoms with Crippen LogP contribution in [0, 0.1) is 0 Å². The molecule has 3 aromatic rings. The average molecular weight is 412 g/mol. The average Bonchev–Trinajstić information content (AvgIpc) is 3.38. The zero-order chi connectivity index (χ0) is 21.8. The molecule has 0 N–H and O–H groups in total. The Kier molecular flexibility index (Phi) is 5.62. The third-order valence-electron chi connectivity index (χ3n) is 4.69. The predicted octanol–water partition coefficient (Wildman–Crippen LogP) is 5.10. The zero-order valence-electron chi connectivity index (χ0n) is 16.9. The van der Waals surface area contributed by atoms with E-state index in [2.05, 4.69) is 11.7 Å². The van der Waals surface area contributed by atoms with Crippen molar-refractivity contribution in [3.05, 3.63) is 96.3 Å². The molecule has 0 unspecified atom stereocenters. The van der Waals surface area contributed by atoms with Crippen LogP contribution in [0.1, 0.15) is 23.0 Å². The third-order valence-corrected chi connectivity index (χ3v) is 4.69. The van der Waals surface area contributed by atoms with Gasteiger partial charge in [0.05, 0.1) is 22.5 Å². The van der Waals surface area contributed by atoms with Gasteiger partial charge in [0.25, 0.3) is 5.91 Å². The second-order valence-corrected chi connectivity index (χ2v) is 6.87. The van der Waals surface area contributed by atoms with Crippen LogP contribution in [0.3, 0.4) is 0 Å². The van der Waals surface area contributed by atoms with Gasteiger partial charge in [-0.15, -0.1) is 0 Å². The number of rotatable bonds is 6. The molecule has 154 valence electrons. The van der Waals surface area contributed by atoms with Gasteiger partial charge in [-0.1, -0.05) is 43.0 Å². The number of carbonyl (C=O) groups is 2. The van der Waals surface area contributed by atoms with Gasteiger partial charge in [0.2, 0.25) is 0 Å². The number of anilines is 1. The molecule has 1 aromatic heterocycles. The standard InChI is InChI=1S/C25H20N2O4/c1-3-14-30-25(29)19-9-7-8-18(15-19)23-13-12-21(31-23)16-22-17(2)26-27(24(22)28)20-10-5-4-6-11-20/h3-13,15-16H,1,14H2,2H3/b22-16-. The quantitative estimate of drug-likeness (QED) is 0.321. The van der Waals surface area contributed by atoms with E-state index in [4.69, 9.17) is 9.15 Å². The number of hydrogen-bond donors (Lipinski definition) is 0. The van der Waals surface area contributed by atoms with Gasteiger partial charge in [-0.25, -0.2) is 4.79 Å². The van der Waals surface area contributed by atoms with Crippen LogP contribution in [0.15, 0.2) is 94.5 Å². The molecule has 0 saturated heterocycles. The molecule has 0 atom stereocenters. The van der Waals surface area contributed by atoms with E-state index in [0.29, 0.717) is 34.1 Å². The van der Waals surface area contributed by atoms with Crippen molar-refractivity contribution < 1.29 is 18.7 Å². The SMILES string of the molecule is C=CCOC(=O)c1cccc(-c2ccc(/C=C3\C(=O)N(c4ccccc4)N=C3C)o2)c1. The highest BCUT2D eigenvalue weighted by atomic mass is 16.5. The Labute approximate surface area is 179 Å². The van der Waals surface area contributed by atoms with Crippen molar-refractivity contribution in [3.63, 3.8) is 0 Å². The maximum Gasteiger partial charge on any atom is 0.338 e. The van der Waals surface area contributed by atoms with E-state index in [1.165, 1.54) is 11.1 Å². The summed E-state index contributed by atoms with van der Waals surface area (Å²) in [4.78, 5) is 24.9. The summed E-state index contributed by atoms with van der Waals surface area (Å²) in [7, 11) is 0. The van der Waals surface area contributed by atoms with Crippen molar-refractivity contribution >= 4 is 29.4 Å². The normalized spacial score (nSPS) is 14.6. The van der Waals surface area contributed by atoms with Crippen molar-refractivity contribution in [1.29, 1.82) is 0 Å². The fraction of sp³-hybridized carbons (Fsp3) is 0.0800. The molecule has 0 bridgehead atoms. The molecule has 0 spiro atoms. The van der Waals surface area contributed by atoms with Crippen LogP contribution >= 0.6 is 0 Å². The molecule has 6 nitrogen and oxygen atoms in total. The summed E-state index contributed by atoms with van der Waals surface area (Å²) in [5.74, 6) is 0.446. The molecule has 31 heavy (non-hydrogen) atoms. The van der Waals surface area contributed by atoms with Crippen LogP contribution in [0.4, 0.5) is 5.69 Å². The van der Waals surface area contributed by atoms with Crippen molar-refractivity contribution in [2.24, 2.45) is 5.10 Å². The molecule has 0 fully saturated rings. The number of ether oxygens (including phenoxy) is 1. The number of benzene rings is 2. The lowest BCUT2D eigenvalue weighted by atomic mass is 10.1. The van der Waals surface area contributed by atoms with E-state index >= 15 is 0 Å². The Balaban J connectivity index is 1.57. The monoisotopic (exact) mass is 412 g/mol. The van der Waals surface area contributed by atoms with Crippen LogP contribution < -0.4 is 5.01 Å². The summed E-state index contributed by atoms with van der Waals surface area (Å²) in [5, 5.41) is 5.75. The first kappa shape index (κ1) is 20.1. The van der Waals surface area contributed by atoms with E-state index in [1.54, 1.807) is 43.3 Å². The Morgan fingerprint density at radius 2 is 1.94 bits per heavy atom. The highest BCUT2D eigenvalue weighted by molar-refractivity contribution is 6.32. The number of amides is 1. The number of esters is 1. The Morgan fingerprint density at radius 1 is 1.13 bits per heavy atom. The smallest absolute Gasteiger partial charge is 0.338 e. The van der Waals surface area contributed by atoms with Gasteiger partial charge in [0.15, 0.2) is 0 Å². The summed E-state index contributed by atoms with van der Waals surface area (Å²) < 4.78 is 11.0. The molecule has 2 heterocycles. The highest BCUT2D eigenvalue weighted by Gasteiger charge is 2.28.